The van der Waals surface area contributed by atoms with Crippen molar-refractivity contribution < 1.29 is 14.3 Å². The molecule has 2 aromatic carbocycles. The topological polar surface area (TPSA) is 76.2 Å². The Morgan fingerprint density at radius 3 is 2.88 bits per heavy atom. The van der Waals surface area contributed by atoms with Crippen molar-refractivity contribution in [3.05, 3.63) is 53.9 Å². The Bertz CT molecular complexity index is 948. The number of nitrogens with zero attached hydrogens (tertiary/aromatic N) is 1. The van der Waals surface area contributed by atoms with E-state index in [4.69, 9.17) is 9.47 Å². The summed E-state index contributed by atoms with van der Waals surface area (Å²) in [5.74, 6) is 2.68. The van der Waals surface area contributed by atoms with Crippen LogP contribution in [0.3, 0.4) is 0 Å². The highest BCUT2D eigenvalue weighted by Crippen LogP contribution is 2.49. The Morgan fingerprint density at radius 1 is 1.15 bits per heavy atom. The number of amides is 1. The lowest BCUT2D eigenvalue weighted by Gasteiger charge is -2.18. The molecule has 132 valence electrons. The van der Waals surface area contributed by atoms with Gasteiger partial charge in [-0.1, -0.05) is 18.2 Å². The average Bonchev–Trinajstić information content (AvgIpc) is 3.38. The van der Waals surface area contributed by atoms with E-state index in [-0.39, 0.29) is 17.7 Å². The molecule has 2 heterocycles. The molecule has 0 unspecified atom stereocenters. The van der Waals surface area contributed by atoms with Gasteiger partial charge in [0.2, 0.25) is 5.91 Å². The predicted molar refractivity (Wildman–Crippen MR) is 96.2 cm³/mol. The molecule has 26 heavy (non-hydrogen) atoms. The first kappa shape index (κ1) is 15.3. The van der Waals surface area contributed by atoms with Crippen LogP contribution < -0.4 is 14.8 Å². The lowest BCUT2D eigenvalue weighted by atomic mass is 10.1. The molecule has 1 fully saturated rings. The van der Waals surface area contributed by atoms with E-state index in [1.807, 2.05) is 42.5 Å². The second-order valence-corrected chi connectivity index (χ2v) is 6.77. The number of hydrogen-bond donors (Lipinski definition) is 2. The molecule has 6 heteroatoms. The highest BCUT2D eigenvalue weighted by Gasteiger charge is 2.44. The number of carbonyl (C=O) groups is 1. The zero-order valence-corrected chi connectivity index (χ0v) is 14.2. The lowest BCUT2D eigenvalue weighted by Crippen LogP contribution is -2.25. The second-order valence-electron chi connectivity index (χ2n) is 6.77. The van der Waals surface area contributed by atoms with E-state index in [2.05, 4.69) is 15.3 Å². The number of fused-ring (bicyclic) bond motifs is 2. The number of benzene rings is 2. The number of H-pyrrole nitrogens is 1. The second kappa shape index (κ2) is 6.05. The highest BCUT2D eigenvalue weighted by molar-refractivity contribution is 5.83. The number of para-hydroxylation sites is 2. The number of imidazole rings is 1. The SMILES string of the molecule is O=C(NCc1nc2ccccc2[nH]1)[C@@H]1C[C@@H]1c1ccc2c(c1)OCCO2. The highest BCUT2D eigenvalue weighted by atomic mass is 16.6. The molecule has 1 amide bonds. The minimum atomic E-state index is 0.0157. The van der Waals surface area contributed by atoms with Crippen LogP contribution in [0.15, 0.2) is 42.5 Å². The molecule has 0 radical (unpaired) electrons. The fourth-order valence-corrected chi connectivity index (χ4v) is 3.54. The van der Waals surface area contributed by atoms with Gasteiger partial charge in [0.05, 0.1) is 17.6 Å². The zero-order valence-electron chi connectivity index (χ0n) is 14.2. The van der Waals surface area contributed by atoms with Gasteiger partial charge in [-0.05, 0) is 42.2 Å². The number of hydrogen-bond acceptors (Lipinski definition) is 4. The molecular weight excluding hydrogens is 330 g/mol. The summed E-state index contributed by atoms with van der Waals surface area (Å²) in [6.45, 7) is 1.57. The minimum Gasteiger partial charge on any atom is -0.486 e. The Kier molecular flexibility index (Phi) is 3.55. The van der Waals surface area contributed by atoms with Gasteiger partial charge in [0, 0.05) is 5.92 Å². The summed E-state index contributed by atoms with van der Waals surface area (Å²) < 4.78 is 11.2. The average molecular weight is 349 g/mol. The van der Waals surface area contributed by atoms with E-state index in [1.54, 1.807) is 0 Å². The molecule has 2 N–H and O–H groups in total. The zero-order chi connectivity index (χ0) is 17.5. The maximum absolute atomic E-state index is 12.5. The molecule has 1 aromatic heterocycles. The molecule has 5 rings (SSSR count). The van der Waals surface area contributed by atoms with Crippen molar-refractivity contribution in [2.75, 3.05) is 13.2 Å². The van der Waals surface area contributed by atoms with Crippen LogP contribution in [0, 0.1) is 5.92 Å². The first-order valence-corrected chi connectivity index (χ1v) is 8.89. The van der Waals surface area contributed by atoms with E-state index >= 15 is 0 Å². The summed E-state index contributed by atoms with van der Waals surface area (Å²) in [5, 5.41) is 3.00. The van der Waals surface area contributed by atoms with Crippen LogP contribution in [-0.2, 0) is 11.3 Å². The van der Waals surface area contributed by atoms with Gasteiger partial charge in [-0.3, -0.25) is 4.79 Å². The third kappa shape index (κ3) is 2.77. The van der Waals surface area contributed by atoms with Crippen LogP contribution in [0.1, 0.15) is 23.7 Å². The van der Waals surface area contributed by atoms with Gasteiger partial charge in [0.15, 0.2) is 11.5 Å². The van der Waals surface area contributed by atoms with Gasteiger partial charge in [-0.2, -0.15) is 0 Å². The first-order chi connectivity index (χ1) is 12.8. The third-order valence-electron chi connectivity index (χ3n) is 4.99. The maximum Gasteiger partial charge on any atom is 0.224 e. The monoisotopic (exact) mass is 349 g/mol. The van der Waals surface area contributed by atoms with Crippen molar-refractivity contribution in [2.45, 2.75) is 18.9 Å². The van der Waals surface area contributed by atoms with Gasteiger partial charge in [0.25, 0.3) is 0 Å². The van der Waals surface area contributed by atoms with E-state index in [0.29, 0.717) is 19.8 Å². The van der Waals surface area contributed by atoms with Crippen molar-refractivity contribution in [1.29, 1.82) is 0 Å². The molecule has 2 atom stereocenters. The van der Waals surface area contributed by atoms with Crippen LogP contribution in [-0.4, -0.2) is 29.1 Å². The van der Waals surface area contributed by atoms with Gasteiger partial charge in [0.1, 0.15) is 19.0 Å². The maximum atomic E-state index is 12.5. The van der Waals surface area contributed by atoms with Crippen LogP contribution in [0.5, 0.6) is 11.5 Å². The quantitative estimate of drug-likeness (QED) is 0.759. The van der Waals surface area contributed by atoms with Gasteiger partial charge >= 0.3 is 0 Å². The number of nitrogens with one attached hydrogen (secondary N) is 2. The fraction of sp³-hybridized carbons (Fsp3) is 0.300. The van der Waals surface area contributed by atoms with E-state index in [9.17, 15) is 4.79 Å². The third-order valence-corrected chi connectivity index (χ3v) is 4.99. The molecule has 3 aromatic rings. The fourth-order valence-electron chi connectivity index (χ4n) is 3.54. The number of aromatic nitrogens is 2. The standard InChI is InChI=1S/C20H19N3O3/c24-20(21-11-19-22-15-3-1-2-4-16(15)23-19)14-10-13(14)12-5-6-17-18(9-12)26-8-7-25-17/h1-6,9,13-14H,7-8,10-11H2,(H,21,24)(H,22,23)/t13-,14-/m1/s1. The molecule has 0 bridgehead atoms. The van der Waals surface area contributed by atoms with Gasteiger partial charge < -0.3 is 19.8 Å². The molecule has 1 saturated carbocycles. The summed E-state index contributed by atoms with van der Waals surface area (Å²) in [6, 6.07) is 13.8. The largest absolute Gasteiger partial charge is 0.486 e. The normalized spacial score (nSPS) is 20.8. The van der Waals surface area contributed by atoms with Crippen LogP contribution >= 0.6 is 0 Å². The Labute approximate surface area is 150 Å². The summed E-state index contributed by atoms with van der Waals surface area (Å²) in [4.78, 5) is 20.2. The minimum absolute atomic E-state index is 0.0157. The number of aromatic amines is 1. The van der Waals surface area contributed by atoms with Crippen molar-refractivity contribution in [3.63, 3.8) is 0 Å². The molecule has 0 saturated heterocycles. The molecule has 1 aliphatic carbocycles. The van der Waals surface area contributed by atoms with Crippen molar-refractivity contribution in [3.8, 4) is 11.5 Å². The van der Waals surface area contributed by atoms with Crippen molar-refractivity contribution >= 4 is 16.9 Å². The van der Waals surface area contributed by atoms with Gasteiger partial charge in [-0.15, -0.1) is 0 Å². The van der Waals surface area contributed by atoms with Crippen LogP contribution in [0.25, 0.3) is 11.0 Å². The van der Waals surface area contributed by atoms with Crippen molar-refractivity contribution in [2.24, 2.45) is 5.92 Å². The van der Waals surface area contributed by atoms with Crippen LogP contribution in [0.4, 0.5) is 0 Å². The predicted octanol–water partition coefficient (Wildman–Crippen LogP) is 2.75. The smallest absolute Gasteiger partial charge is 0.224 e. The van der Waals surface area contributed by atoms with Crippen LogP contribution in [0.2, 0.25) is 0 Å². The lowest BCUT2D eigenvalue weighted by molar-refractivity contribution is -0.122. The molecule has 0 spiro atoms. The summed E-state index contributed by atoms with van der Waals surface area (Å²) in [6.07, 6.45) is 0.867. The number of carbonyl (C=O) groups excluding carboxylic acids is 1. The Hall–Kier alpha value is -3.02. The van der Waals surface area contributed by atoms with E-state index < -0.39 is 0 Å². The van der Waals surface area contributed by atoms with E-state index in [0.717, 1.165) is 40.3 Å². The molecule has 2 aliphatic rings. The Morgan fingerprint density at radius 2 is 2.00 bits per heavy atom. The molecule has 1 aliphatic heterocycles. The number of ether oxygens (including phenoxy) is 2. The summed E-state index contributed by atoms with van der Waals surface area (Å²) in [5.41, 5.74) is 3.03. The summed E-state index contributed by atoms with van der Waals surface area (Å²) in [7, 11) is 0. The number of rotatable bonds is 4. The van der Waals surface area contributed by atoms with Crippen molar-refractivity contribution in [1.82, 2.24) is 15.3 Å². The Balaban J connectivity index is 1.22. The summed E-state index contributed by atoms with van der Waals surface area (Å²) >= 11 is 0. The molecular formula is C20H19N3O3. The molecule has 6 nitrogen and oxygen atoms in total. The van der Waals surface area contributed by atoms with Gasteiger partial charge in [-0.25, -0.2) is 4.98 Å². The first-order valence-electron chi connectivity index (χ1n) is 8.89. The van der Waals surface area contributed by atoms with E-state index in [1.165, 1.54) is 0 Å².